The van der Waals surface area contributed by atoms with E-state index in [9.17, 15) is 15.0 Å². The molecule has 19 heavy (non-hydrogen) atoms. The highest BCUT2D eigenvalue weighted by molar-refractivity contribution is 5.90. The van der Waals surface area contributed by atoms with Crippen LogP contribution in [0.15, 0.2) is 24.3 Å². The van der Waals surface area contributed by atoms with Gasteiger partial charge in [0.15, 0.2) is 0 Å². The molecule has 1 heterocycles. The lowest BCUT2D eigenvalue weighted by Gasteiger charge is -2.35. The molecule has 0 spiro atoms. The van der Waals surface area contributed by atoms with E-state index in [-0.39, 0.29) is 36.4 Å². The molecule has 0 bridgehead atoms. The Morgan fingerprint density at radius 1 is 1.32 bits per heavy atom. The molecule has 1 saturated heterocycles. The van der Waals surface area contributed by atoms with Gasteiger partial charge in [0.25, 0.3) is 0 Å². The summed E-state index contributed by atoms with van der Waals surface area (Å²) in [5, 5.41) is 20.2. The number of hydrogen-bond acceptors (Lipinski definition) is 4. The predicted molar refractivity (Wildman–Crippen MR) is 69.1 cm³/mol. The molecule has 2 saturated carbocycles. The first-order chi connectivity index (χ1) is 8.98. The summed E-state index contributed by atoms with van der Waals surface area (Å²) in [7, 11) is 0. The normalized spacial score (nSPS) is 45.7. The van der Waals surface area contributed by atoms with Gasteiger partial charge in [-0.2, -0.15) is 0 Å². The topological polar surface area (TPSA) is 66.8 Å². The summed E-state index contributed by atoms with van der Waals surface area (Å²) in [6, 6.07) is 0. The molecule has 3 rings (SSSR count). The van der Waals surface area contributed by atoms with E-state index in [4.69, 9.17) is 4.74 Å². The van der Waals surface area contributed by atoms with Crippen LogP contribution in [0.3, 0.4) is 0 Å². The molecule has 0 aromatic carbocycles. The Morgan fingerprint density at radius 3 is 2.74 bits per heavy atom. The number of hydrogen-bond donors (Lipinski definition) is 2. The molecule has 0 radical (unpaired) electrons. The number of esters is 1. The highest BCUT2D eigenvalue weighted by Crippen LogP contribution is 2.53. The SMILES string of the molecule is C=C1C(=O)O[C@@H]2[C@@H]3[C@@H](CC[C@]3(O)CO)C(=C)CC[C@@H]12. The van der Waals surface area contributed by atoms with Crippen LogP contribution in [0.5, 0.6) is 0 Å². The van der Waals surface area contributed by atoms with Gasteiger partial charge in [-0.3, -0.25) is 0 Å². The third-order valence-electron chi connectivity index (χ3n) is 5.22. The molecule has 0 unspecified atom stereocenters. The monoisotopic (exact) mass is 264 g/mol. The fraction of sp³-hybridized carbons (Fsp3) is 0.667. The molecule has 4 nitrogen and oxygen atoms in total. The average molecular weight is 264 g/mol. The van der Waals surface area contributed by atoms with Gasteiger partial charge in [-0.25, -0.2) is 4.79 Å². The highest BCUT2D eigenvalue weighted by atomic mass is 16.6. The summed E-state index contributed by atoms with van der Waals surface area (Å²) in [6.45, 7) is 7.65. The van der Waals surface area contributed by atoms with E-state index in [1.165, 1.54) is 0 Å². The van der Waals surface area contributed by atoms with Crippen molar-refractivity contribution >= 4 is 5.97 Å². The minimum Gasteiger partial charge on any atom is -0.458 e. The van der Waals surface area contributed by atoms with Crippen LogP contribution in [0.25, 0.3) is 0 Å². The van der Waals surface area contributed by atoms with Crippen molar-refractivity contribution in [3.05, 3.63) is 24.3 Å². The lowest BCUT2D eigenvalue weighted by atomic mass is 9.77. The molecule has 0 aromatic heterocycles. The second-order valence-electron chi connectivity index (χ2n) is 6.13. The fourth-order valence-corrected chi connectivity index (χ4v) is 4.12. The zero-order valence-corrected chi connectivity index (χ0v) is 11.0. The van der Waals surface area contributed by atoms with Crippen molar-refractivity contribution in [2.45, 2.75) is 37.4 Å². The lowest BCUT2D eigenvalue weighted by Crippen LogP contribution is -2.46. The van der Waals surface area contributed by atoms with Gasteiger partial charge >= 0.3 is 5.97 Å². The smallest absolute Gasteiger partial charge is 0.334 e. The van der Waals surface area contributed by atoms with Crippen molar-refractivity contribution in [1.29, 1.82) is 0 Å². The minimum absolute atomic E-state index is 0.0459. The van der Waals surface area contributed by atoms with E-state index < -0.39 is 5.60 Å². The average Bonchev–Trinajstić information content (AvgIpc) is 2.82. The Kier molecular flexibility index (Phi) is 2.84. The van der Waals surface area contributed by atoms with Crippen LogP contribution in [0.4, 0.5) is 0 Å². The van der Waals surface area contributed by atoms with Crippen LogP contribution in [0, 0.1) is 17.8 Å². The van der Waals surface area contributed by atoms with E-state index in [1.54, 1.807) is 0 Å². The second-order valence-corrected chi connectivity index (χ2v) is 6.13. The highest BCUT2D eigenvalue weighted by Gasteiger charge is 2.58. The standard InChI is InChI=1S/C15H20O4/c1-8-3-4-11-9(2)14(17)19-13(11)12-10(8)5-6-15(12,18)7-16/h10-13,16,18H,1-7H2/t10-,11-,12-,13-,15-/m0/s1. The first kappa shape index (κ1) is 12.9. The van der Waals surface area contributed by atoms with Gasteiger partial charge in [0.2, 0.25) is 0 Å². The third-order valence-corrected chi connectivity index (χ3v) is 5.22. The zero-order chi connectivity index (χ0) is 13.8. The number of aliphatic hydroxyl groups is 2. The Labute approximate surface area is 112 Å². The Balaban J connectivity index is 2.02. The van der Waals surface area contributed by atoms with Gasteiger partial charge < -0.3 is 14.9 Å². The van der Waals surface area contributed by atoms with E-state index in [1.807, 2.05) is 0 Å². The van der Waals surface area contributed by atoms with Gasteiger partial charge in [0.1, 0.15) is 6.10 Å². The largest absolute Gasteiger partial charge is 0.458 e. The maximum Gasteiger partial charge on any atom is 0.334 e. The first-order valence-corrected chi connectivity index (χ1v) is 6.88. The molecule has 3 aliphatic rings. The van der Waals surface area contributed by atoms with Crippen molar-refractivity contribution in [1.82, 2.24) is 0 Å². The molecule has 2 N–H and O–H groups in total. The van der Waals surface area contributed by atoms with Crippen LogP contribution in [-0.4, -0.2) is 34.5 Å². The number of ether oxygens (including phenoxy) is 1. The molecule has 0 amide bonds. The summed E-state index contributed by atoms with van der Waals surface area (Å²) in [6.07, 6.45) is 2.60. The van der Waals surface area contributed by atoms with Crippen molar-refractivity contribution in [2.24, 2.45) is 17.8 Å². The summed E-state index contributed by atoms with van der Waals surface area (Å²) < 4.78 is 5.47. The zero-order valence-electron chi connectivity index (χ0n) is 11.0. The molecule has 0 aromatic rings. The van der Waals surface area contributed by atoms with Gasteiger partial charge in [-0.1, -0.05) is 18.7 Å². The van der Waals surface area contributed by atoms with Crippen LogP contribution in [-0.2, 0) is 9.53 Å². The molecular weight excluding hydrogens is 244 g/mol. The van der Waals surface area contributed by atoms with Crippen LogP contribution >= 0.6 is 0 Å². The summed E-state index contributed by atoms with van der Waals surface area (Å²) in [5.41, 5.74) is 0.449. The maximum absolute atomic E-state index is 11.7. The number of allylic oxidation sites excluding steroid dienone is 1. The molecule has 1 aliphatic heterocycles. The molecule has 2 aliphatic carbocycles. The van der Waals surface area contributed by atoms with Gasteiger partial charge in [-0.05, 0) is 31.6 Å². The Bertz CT molecular complexity index is 455. The Morgan fingerprint density at radius 2 is 2.05 bits per heavy atom. The summed E-state index contributed by atoms with van der Waals surface area (Å²) in [5.74, 6) is -0.518. The van der Waals surface area contributed by atoms with Gasteiger partial charge in [0, 0.05) is 17.4 Å². The van der Waals surface area contributed by atoms with Gasteiger partial charge in [0.05, 0.1) is 12.2 Å². The molecule has 5 atom stereocenters. The van der Waals surface area contributed by atoms with Crippen molar-refractivity contribution < 1.29 is 19.7 Å². The van der Waals surface area contributed by atoms with Gasteiger partial charge in [-0.15, -0.1) is 0 Å². The molecule has 104 valence electrons. The quantitative estimate of drug-likeness (QED) is 0.424. The second kappa shape index (κ2) is 4.18. The number of rotatable bonds is 1. The number of aliphatic hydroxyl groups excluding tert-OH is 1. The fourth-order valence-electron chi connectivity index (χ4n) is 4.12. The van der Waals surface area contributed by atoms with Crippen LogP contribution in [0.2, 0.25) is 0 Å². The molecule has 4 heteroatoms. The van der Waals surface area contributed by atoms with Crippen molar-refractivity contribution in [2.75, 3.05) is 6.61 Å². The number of carbonyl (C=O) groups is 1. The van der Waals surface area contributed by atoms with Crippen LogP contribution < -0.4 is 0 Å². The van der Waals surface area contributed by atoms with E-state index in [0.29, 0.717) is 12.0 Å². The minimum atomic E-state index is -1.16. The van der Waals surface area contributed by atoms with E-state index in [2.05, 4.69) is 13.2 Å². The summed E-state index contributed by atoms with van der Waals surface area (Å²) >= 11 is 0. The lowest BCUT2D eigenvalue weighted by molar-refractivity contribution is -0.149. The number of carbonyl (C=O) groups excluding carboxylic acids is 1. The van der Waals surface area contributed by atoms with E-state index >= 15 is 0 Å². The number of fused-ring (bicyclic) bond motifs is 3. The van der Waals surface area contributed by atoms with Crippen LogP contribution in [0.1, 0.15) is 25.7 Å². The third kappa shape index (κ3) is 1.70. The Hall–Kier alpha value is -1.13. The maximum atomic E-state index is 11.7. The molecular formula is C15H20O4. The van der Waals surface area contributed by atoms with Crippen molar-refractivity contribution in [3.8, 4) is 0 Å². The van der Waals surface area contributed by atoms with Crippen molar-refractivity contribution in [3.63, 3.8) is 0 Å². The molecule has 3 fully saturated rings. The summed E-state index contributed by atoms with van der Waals surface area (Å²) in [4.78, 5) is 11.7. The first-order valence-electron chi connectivity index (χ1n) is 6.88. The van der Waals surface area contributed by atoms with E-state index in [0.717, 1.165) is 24.8 Å². The predicted octanol–water partition coefficient (Wildman–Crippen LogP) is 1.18.